The first kappa shape index (κ1) is 12.9. The molecule has 0 unspecified atom stereocenters. The van der Waals surface area contributed by atoms with Crippen molar-refractivity contribution in [1.29, 1.82) is 0 Å². The maximum Gasteiger partial charge on any atom is 0.406 e. The minimum absolute atomic E-state index is 0.141. The van der Waals surface area contributed by atoms with Crippen molar-refractivity contribution in [3.8, 4) is 0 Å². The molecule has 1 aliphatic heterocycles. The lowest BCUT2D eigenvalue weighted by Crippen LogP contribution is -2.43. The molecule has 0 aromatic heterocycles. The van der Waals surface area contributed by atoms with E-state index in [4.69, 9.17) is 0 Å². The van der Waals surface area contributed by atoms with Crippen LogP contribution in [0.1, 0.15) is 28.4 Å². The Morgan fingerprint density at radius 3 is 2.67 bits per heavy atom. The standard InChI is InChI=1S/C13H14F3NO/c1-2-9-4-3-5-11-10(9)6-7-17(12(11)18)8-13(14,15)16/h3-5H,2,6-8H2,1H3. The summed E-state index contributed by atoms with van der Waals surface area (Å²) in [5.74, 6) is -0.510. The Balaban J connectivity index is 2.29. The average Bonchev–Trinajstić information content (AvgIpc) is 2.30. The fourth-order valence-electron chi connectivity index (χ4n) is 2.35. The van der Waals surface area contributed by atoms with Gasteiger partial charge in [0, 0.05) is 12.1 Å². The van der Waals surface area contributed by atoms with Crippen molar-refractivity contribution in [2.75, 3.05) is 13.1 Å². The van der Waals surface area contributed by atoms with E-state index in [1.807, 2.05) is 13.0 Å². The highest BCUT2D eigenvalue weighted by Gasteiger charge is 2.35. The van der Waals surface area contributed by atoms with Gasteiger partial charge in [-0.05, 0) is 30.0 Å². The van der Waals surface area contributed by atoms with E-state index >= 15 is 0 Å². The minimum Gasteiger partial charge on any atom is -0.329 e. The molecule has 0 bridgehead atoms. The molecule has 1 heterocycles. The number of hydrogen-bond donors (Lipinski definition) is 0. The van der Waals surface area contributed by atoms with Crippen LogP contribution in [0.4, 0.5) is 13.2 Å². The van der Waals surface area contributed by atoms with Crippen LogP contribution in [0, 0.1) is 0 Å². The van der Waals surface area contributed by atoms with E-state index in [9.17, 15) is 18.0 Å². The van der Waals surface area contributed by atoms with Gasteiger partial charge in [0.15, 0.2) is 0 Å². The lowest BCUT2D eigenvalue weighted by atomic mass is 9.93. The predicted molar refractivity (Wildman–Crippen MR) is 61.5 cm³/mol. The highest BCUT2D eigenvalue weighted by molar-refractivity contribution is 5.97. The maximum absolute atomic E-state index is 12.3. The van der Waals surface area contributed by atoms with Gasteiger partial charge in [-0.3, -0.25) is 4.79 Å². The van der Waals surface area contributed by atoms with Gasteiger partial charge in [-0.15, -0.1) is 0 Å². The number of nitrogens with zero attached hydrogens (tertiary/aromatic N) is 1. The highest BCUT2D eigenvalue weighted by Crippen LogP contribution is 2.25. The first-order valence-electron chi connectivity index (χ1n) is 5.89. The summed E-state index contributed by atoms with van der Waals surface area (Å²) in [5, 5.41) is 0. The van der Waals surface area contributed by atoms with Crippen LogP contribution in [0.3, 0.4) is 0 Å². The molecule has 0 N–H and O–H groups in total. The number of amides is 1. The van der Waals surface area contributed by atoms with E-state index in [2.05, 4.69) is 0 Å². The molecule has 0 aliphatic carbocycles. The molecule has 0 radical (unpaired) electrons. The molecule has 0 spiro atoms. The van der Waals surface area contributed by atoms with Crippen molar-refractivity contribution in [2.45, 2.75) is 25.9 Å². The molecule has 1 aromatic rings. The summed E-state index contributed by atoms with van der Waals surface area (Å²) >= 11 is 0. The second-order valence-corrected chi connectivity index (χ2v) is 4.39. The topological polar surface area (TPSA) is 20.3 Å². The molecule has 0 saturated carbocycles. The van der Waals surface area contributed by atoms with Gasteiger partial charge >= 0.3 is 6.18 Å². The predicted octanol–water partition coefficient (Wildman–Crippen LogP) is 2.81. The van der Waals surface area contributed by atoms with E-state index in [1.54, 1.807) is 12.1 Å². The summed E-state index contributed by atoms with van der Waals surface area (Å²) in [5.41, 5.74) is 2.38. The van der Waals surface area contributed by atoms with Crippen molar-refractivity contribution in [3.63, 3.8) is 0 Å². The van der Waals surface area contributed by atoms with E-state index in [-0.39, 0.29) is 6.54 Å². The van der Waals surface area contributed by atoms with Crippen LogP contribution in [0.2, 0.25) is 0 Å². The Hall–Kier alpha value is -1.52. The number of halogens is 3. The van der Waals surface area contributed by atoms with Crippen LogP contribution >= 0.6 is 0 Å². The molecule has 0 fully saturated rings. The maximum atomic E-state index is 12.3. The fourth-order valence-corrected chi connectivity index (χ4v) is 2.35. The lowest BCUT2D eigenvalue weighted by molar-refractivity contribution is -0.141. The van der Waals surface area contributed by atoms with Gasteiger partial charge in [0.1, 0.15) is 6.54 Å². The van der Waals surface area contributed by atoms with E-state index in [0.29, 0.717) is 12.0 Å². The van der Waals surface area contributed by atoms with Gasteiger partial charge in [0.05, 0.1) is 0 Å². The monoisotopic (exact) mass is 257 g/mol. The van der Waals surface area contributed by atoms with Gasteiger partial charge in [-0.2, -0.15) is 13.2 Å². The molecule has 5 heteroatoms. The second kappa shape index (κ2) is 4.63. The number of alkyl halides is 3. The number of aryl methyl sites for hydroxylation is 1. The first-order valence-corrected chi connectivity index (χ1v) is 5.89. The quantitative estimate of drug-likeness (QED) is 0.797. The summed E-state index contributed by atoms with van der Waals surface area (Å²) in [6, 6.07) is 5.26. The zero-order chi connectivity index (χ0) is 13.3. The summed E-state index contributed by atoms with van der Waals surface area (Å²) in [4.78, 5) is 12.9. The van der Waals surface area contributed by atoms with Crippen LogP contribution in [-0.2, 0) is 12.8 Å². The number of rotatable bonds is 2. The highest BCUT2D eigenvalue weighted by atomic mass is 19.4. The van der Waals surface area contributed by atoms with Crippen molar-refractivity contribution < 1.29 is 18.0 Å². The zero-order valence-corrected chi connectivity index (χ0v) is 10.0. The summed E-state index contributed by atoms with van der Waals surface area (Å²) in [6.07, 6.45) is -3.05. The Bertz CT molecular complexity index is 468. The van der Waals surface area contributed by atoms with Crippen LogP contribution in [0.25, 0.3) is 0 Å². The molecule has 0 atom stereocenters. The van der Waals surface area contributed by atoms with Gasteiger partial charge in [-0.1, -0.05) is 19.1 Å². The van der Waals surface area contributed by atoms with Crippen LogP contribution in [0.15, 0.2) is 18.2 Å². The number of benzene rings is 1. The third-order valence-corrected chi connectivity index (χ3v) is 3.17. The van der Waals surface area contributed by atoms with Crippen molar-refractivity contribution in [3.05, 3.63) is 34.9 Å². The van der Waals surface area contributed by atoms with Gasteiger partial charge in [0.2, 0.25) is 0 Å². The number of hydrogen-bond acceptors (Lipinski definition) is 1. The smallest absolute Gasteiger partial charge is 0.329 e. The minimum atomic E-state index is -4.34. The molecule has 1 amide bonds. The average molecular weight is 257 g/mol. The number of carbonyl (C=O) groups excluding carboxylic acids is 1. The Morgan fingerprint density at radius 1 is 1.33 bits per heavy atom. The van der Waals surface area contributed by atoms with Crippen LogP contribution in [-0.4, -0.2) is 30.1 Å². The fraction of sp³-hybridized carbons (Fsp3) is 0.462. The van der Waals surface area contributed by atoms with Gasteiger partial charge in [-0.25, -0.2) is 0 Å². The second-order valence-electron chi connectivity index (χ2n) is 4.39. The molecule has 0 saturated heterocycles. The van der Waals surface area contributed by atoms with Crippen molar-refractivity contribution >= 4 is 5.91 Å². The van der Waals surface area contributed by atoms with Crippen molar-refractivity contribution in [2.24, 2.45) is 0 Å². The molecular weight excluding hydrogens is 243 g/mol. The van der Waals surface area contributed by atoms with Crippen LogP contribution in [0.5, 0.6) is 0 Å². The first-order chi connectivity index (χ1) is 8.42. The molecule has 18 heavy (non-hydrogen) atoms. The number of fused-ring (bicyclic) bond motifs is 1. The Labute approximate surface area is 103 Å². The van der Waals surface area contributed by atoms with E-state index in [1.165, 1.54) is 0 Å². The van der Waals surface area contributed by atoms with Crippen molar-refractivity contribution in [1.82, 2.24) is 4.90 Å². The third kappa shape index (κ3) is 2.49. The van der Waals surface area contributed by atoms with E-state index < -0.39 is 18.6 Å². The Morgan fingerprint density at radius 2 is 2.06 bits per heavy atom. The summed E-state index contributed by atoms with van der Waals surface area (Å²) in [6.45, 7) is 0.951. The molecule has 98 valence electrons. The van der Waals surface area contributed by atoms with Gasteiger partial charge < -0.3 is 4.90 Å². The molecule has 1 aromatic carbocycles. The summed E-state index contributed by atoms with van der Waals surface area (Å²) < 4.78 is 37.0. The molecule has 1 aliphatic rings. The lowest BCUT2D eigenvalue weighted by Gasteiger charge is -2.30. The zero-order valence-electron chi connectivity index (χ0n) is 10.0. The number of carbonyl (C=O) groups is 1. The third-order valence-electron chi connectivity index (χ3n) is 3.17. The van der Waals surface area contributed by atoms with E-state index in [0.717, 1.165) is 22.4 Å². The molecular formula is C13H14F3NO. The summed E-state index contributed by atoms with van der Waals surface area (Å²) in [7, 11) is 0. The molecule has 2 nitrogen and oxygen atoms in total. The van der Waals surface area contributed by atoms with Gasteiger partial charge in [0.25, 0.3) is 5.91 Å². The molecule has 2 rings (SSSR count). The largest absolute Gasteiger partial charge is 0.406 e. The van der Waals surface area contributed by atoms with Crippen LogP contribution < -0.4 is 0 Å². The normalized spacial score (nSPS) is 15.8. The SMILES string of the molecule is CCc1cccc2c1CCN(CC(F)(F)F)C2=O. The Kier molecular flexibility index (Phi) is 3.32.